The van der Waals surface area contributed by atoms with Crippen molar-refractivity contribution >= 4 is 5.91 Å². The summed E-state index contributed by atoms with van der Waals surface area (Å²) in [6.07, 6.45) is 5.90. The molecular formula is C16H24N2O2. The minimum atomic E-state index is 0.0261. The smallest absolute Gasteiger partial charge is 0.255 e. The summed E-state index contributed by atoms with van der Waals surface area (Å²) >= 11 is 0. The van der Waals surface area contributed by atoms with Gasteiger partial charge in [-0.1, -0.05) is 0 Å². The van der Waals surface area contributed by atoms with E-state index in [0.717, 1.165) is 42.0 Å². The van der Waals surface area contributed by atoms with Gasteiger partial charge in [-0.25, -0.2) is 0 Å². The van der Waals surface area contributed by atoms with Crippen LogP contribution in [0, 0.1) is 20.8 Å². The Labute approximate surface area is 120 Å². The van der Waals surface area contributed by atoms with E-state index in [9.17, 15) is 4.79 Å². The van der Waals surface area contributed by atoms with Gasteiger partial charge in [0.15, 0.2) is 0 Å². The molecule has 4 nitrogen and oxygen atoms in total. The molecule has 1 aromatic rings. The molecule has 1 aromatic heterocycles. The third-order valence-electron chi connectivity index (χ3n) is 5.06. The fourth-order valence-electron chi connectivity index (χ4n) is 3.65. The Kier molecular flexibility index (Phi) is 3.36. The molecule has 2 N–H and O–H groups in total. The molecule has 20 heavy (non-hydrogen) atoms. The molecule has 1 aliphatic heterocycles. The van der Waals surface area contributed by atoms with Crippen molar-refractivity contribution in [1.82, 2.24) is 10.6 Å². The number of carbonyl (C=O) groups excluding carboxylic acids is 1. The Hall–Kier alpha value is -1.29. The molecule has 110 valence electrons. The minimum absolute atomic E-state index is 0.0261. The molecule has 1 amide bonds. The van der Waals surface area contributed by atoms with Gasteiger partial charge in [0.1, 0.15) is 11.5 Å². The van der Waals surface area contributed by atoms with Gasteiger partial charge in [0, 0.05) is 17.1 Å². The predicted molar refractivity (Wildman–Crippen MR) is 78.0 cm³/mol. The number of furan rings is 1. The summed E-state index contributed by atoms with van der Waals surface area (Å²) in [5, 5.41) is 6.85. The maximum Gasteiger partial charge on any atom is 0.255 e. The Morgan fingerprint density at radius 2 is 2.05 bits per heavy atom. The van der Waals surface area contributed by atoms with Crippen LogP contribution >= 0.6 is 0 Å². The van der Waals surface area contributed by atoms with Gasteiger partial charge in [0.05, 0.1) is 5.56 Å². The van der Waals surface area contributed by atoms with Crippen LogP contribution in [0.2, 0.25) is 0 Å². The van der Waals surface area contributed by atoms with E-state index < -0.39 is 0 Å². The maximum absolute atomic E-state index is 12.5. The van der Waals surface area contributed by atoms with Crippen LogP contribution in [0.5, 0.6) is 0 Å². The van der Waals surface area contributed by atoms with Gasteiger partial charge in [-0.2, -0.15) is 0 Å². The van der Waals surface area contributed by atoms with E-state index >= 15 is 0 Å². The van der Waals surface area contributed by atoms with Crippen molar-refractivity contribution in [3.05, 3.63) is 22.6 Å². The van der Waals surface area contributed by atoms with Crippen LogP contribution in [0.3, 0.4) is 0 Å². The van der Waals surface area contributed by atoms with E-state index in [4.69, 9.17) is 4.42 Å². The molecule has 2 fully saturated rings. The zero-order valence-electron chi connectivity index (χ0n) is 12.6. The molecule has 1 unspecified atom stereocenters. The third kappa shape index (κ3) is 2.26. The van der Waals surface area contributed by atoms with Crippen LogP contribution in [0.25, 0.3) is 0 Å². The monoisotopic (exact) mass is 276 g/mol. The molecule has 1 saturated carbocycles. The van der Waals surface area contributed by atoms with Crippen molar-refractivity contribution in [3.63, 3.8) is 0 Å². The highest BCUT2D eigenvalue weighted by Crippen LogP contribution is 2.38. The van der Waals surface area contributed by atoms with E-state index in [1.165, 1.54) is 19.3 Å². The normalized spacial score (nSPS) is 24.4. The van der Waals surface area contributed by atoms with Crippen molar-refractivity contribution in [2.75, 3.05) is 6.54 Å². The van der Waals surface area contributed by atoms with Gasteiger partial charge in [-0.15, -0.1) is 0 Å². The zero-order valence-corrected chi connectivity index (χ0v) is 12.6. The lowest BCUT2D eigenvalue weighted by atomic mass is 9.70. The lowest BCUT2D eigenvalue weighted by Gasteiger charge is -2.48. The molecule has 2 aliphatic rings. The molecule has 0 radical (unpaired) electrons. The number of carbonyl (C=O) groups is 1. The maximum atomic E-state index is 12.5. The number of rotatable bonds is 2. The first kappa shape index (κ1) is 13.7. The Bertz CT molecular complexity index is 529. The number of nitrogens with one attached hydrogen (secondary N) is 2. The average molecular weight is 276 g/mol. The first-order valence-electron chi connectivity index (χ1n) is 7.63. The minimum Gasteiger partial charge on any atom is -0.466 e. The molecule has 3 rings (SSSR count). The van der Waals surface area contributed by atoms with Crippen molar-refractivity contribution < 1.29 is 9.21 Å². The predicted octanol–water partition coefficient (Wildman–Crippen LogP) is 2.61. The van der Waals surface area contributed by atoms with Crippen LogP contribution in [0.4, 0.5) is 0 Å². The molecule has 1 spiro atoms. The first-order chi connectivity index (χ1) is 9.51. The van der Waals surface area contributed by atoms with Crippen LogP contribution in [0.15, 0.2) is 4.42 Å². The summed E-state index contributed by atoms with van der Waals surface area (Å²) in [7, 11) is 0. The molecular weight excluding hydrogens is 252 g/mol. The highest BCUT2D eigenvalue weighted by Gasteiger charge is 2.41. The summed E-state index contributed by atoms with van der Waals surface area (Å²) in [5.41, 5.74) is 2.00. The van der Waals surface area contributed by atoms with E-state index in [1.807, 2.05) is 20.8 Å². The second-order valence-corrected chi connectivity index (χ2v) is 6.44. The Morgan fingerprint density at radius 3 is 2.60 bits per heavy atom. The summed E-state index contributed by atoms with van der Waals surface area (Å²) in [6, 6.07) is 0.290. The van der Waals surface area contributed by atoms with Gasteiger partial charge in [0.2, 0.25) is 0 Å². The van der Waals surface area contributed by atoms with Crippen LogP contribution < -0.4 is 10.6 Å². The summed E-state index contributed by atoms with van der Waals surface area (Å²) < 4.78 is 5.56. The third-order valence-corrected chi connectivity index (χ3v) is 5.06. The van der Waals surface area contributed by atoms with Crippen LogP contribution in [0.1, 0.15) is 59.5 Å². The number of hydrogen-bond donors (Lipinski definition) is 2. The summed E-state index contributed by atoms with van der Waals surface area (Å²) in [5.74, 6) is 1.59. The standard InChI is InChI=1S/C16H24N2O2/c1-10-11(2)20-12(3)14(10)15(19)18-13-5-8-17-16(9-13)6-4-7-16/h13,17H,4-9H2,1-3H3,(H,18,19). The van der Waals surface area contributed by atoms with Crippen molar-refractivity contribution in [3.8, 4) is 0 Å². The number of hydrogen-bond acceptors (Lipinski definition) is 3. The lowest BCUT2D eigenvalue weighted by Crippen LogP contribution is -2.59. The van der Waals surface area contributed by atoms with E-state index in [2.05, 4.69) is 10.6 Å². The van der Waals surface area contributed by atoms with Crippen LogP contribution in [-0.2, 0) is 0 Å². The molecule has 4 heteroatoms. The van der Waals surface area contributed by atoms with Crippen molar-refractivity contribution in [2.45, 2.75) is 64.5 Å². The van der Waals surface area contributed by atoms with Gasteiger partial charge in [0.25, 0.3) is 5.91 Å². The molecule has 1 atom stereocenters. The number of aryl methyl sites for hydroxylation is 2. The molecule has 2 heterocycles. The number of piperidine rings is 1. The van der Waals surface area contributed by atoms with Crippen molar-refractivity contribution in [2.24, 2.45) is 0 Å². The zero-order chi connectivity index (χ0) is 14.3. The first-order valence-corrected chi connectivity index (χ1v) is 7.63. The second-order valence-electron chi connectivity index (χ2n) is 6.44. The largest absolute Gasteiger partial charge is 0.466 e. The quantitative estimate of drug-likeness (QED) is 0.873. The van der Waals surface area contributed by atoms with Gasteiger partial charge in [-0.3, -0.25) is 4.79 Å². The topological polar surface area (TPSA) is 54.3 Å². The average Bonchev–Trinajstić information content (AvgIpc) is 2.61. The molecule has 1 aliphatic carbocycles. The van der Waals surface area contributed by atoms with Gasteiger partial charge < -0.3 is 15.1 Å². The Morgan fingerprint density at radius 1 is 1.30 bits per heavy atom. The van der Waals surface area contributed by atoms with E-state index in [1.54, 1.807) is 0 Å². The molecule has 1 saturated heterocycles. The Balaban J connectivity index is 1.69. The molecule has 0 aromatic carbocycles. The fourth-order valence-corrected chi connectivity index (χ4v) is 3.65. The molecule has 0 bridgehead atoms. The van der Waals surface area contributed by atoms with Crippen LogP contribution in [-0.4, -0.2) is 24.0 Å². The van der Waals surface area contributed by atoms with E-state index in [0.29, 0.717) is 5.54 Å². The number of amides is 1. The SMILES string of the molecule is Cc1oc(C)c(C(=O)NC2CCNC3(CCC3)C2)c1C. The summed E-state index contributed by atoms with van der Waals surface area (Å²) in [6.45, 7) is 6.74. The lowest BCUT2D eigenvalue weighted by molar-refractivity contribution is 0.0851. The van der Waals surface area contributed by atoms with Gasteiger partial charge in [-0.05, 0) is 59.4 Å². The fraction of sp³-hybridized carbons (Fsp3) is 0.688. The summed E-state index contributed by atoms with van der Waals surface area (Å²) in [4.78, 5) is 12.5. The van der Waals surface area contributed by atoms with Crippen molar-refractivity contribution in [1.29, 1.82) is 0 Å². The second kappa shape index (κ2) is 4.92. The highest BCUT2D eigenvalue weighted by atomic mass is 16.3. The van der Waals surface area contributed by atoms with Gasteiger partial charge >= 0.3 is 0 Å². The van der Waals surface area contributed by atoms with E-state index in [-0.39, 0.29) is 11.9 Å². The highest BCUT2D eigenvalue weighted by molar-refractivity contribution is 5.97.